The summed E-state index contributed by atoms with van der Waals surface area (Å²) < 4.78 is 48.6. The highest BCUT2D eigenvalue weighted by Gasteiger charge is 2.33. The first-order chi connectivity index (χ1) is 12.4. The number of pyridine rings is 1. The second kappa shape index (κ2) is 6.35. The van der Waals surface area contributed by atoms with E-state index in [1.54, 1.807) is 4.90 Å². The molecule has 0 aliphatic carbocycles. The number of alkyl halides is 3. The molecular formula is C18H17F3N2O3. The average Bonchev–Trinajstić information content (AvgIpc) is 3.08. The van der Waals surface area contributed by atoms with Crippen LogP contribution in [0.3, 0.4) is 0 Å². The molecule has 0 radical (unpaired) electrons. The predicted octanol–water partition coefficient (Wildman–Crippen LogP) is 3.18. The number of ether oxygens (including phenoxy) is 2. The Morgan fingerprint density at radius 2 is 1.92 bits per heavy atom. The Morgan fingerprint density at radius 3 is 2.62 bits per heavy atom. The number of aromatic nitrogens is 1. The van der Waals surface area contributed by atoms with Crippen LogP contribution in [-0.2, 0) is 6.18 Å². The fourth-order valence-corrected chi connectivity index (χ4v) is 3.41. The average molecular weight is 366 g/mol. The lowest BCUT2D eigenvalue weighted by molar-refractivity contribution is -0.137. The summed E-state index contributed by atoms with van der Waals surface area (Å²) in [6.45, 7) is 1.09. The number of rotatable bonds is 2. The first kappa shape index (κ1) is 17.0. The van der Waals surface area contributed by atoms with Gasteiger partial charge >= 0.3 is 6.18 Å². The van der Waals surface area contributed by atoms with Gasteiger partial charge in [-0.3, -0.25) is 0 Å². The highest BCUT2D eigenvalue weighted by molar-refractivity contribution is 5.47. The normalized spacial score (nSPS) is 22.5. The first-order valence-corrected chi connectivity index (χ1v) is 8.27. The van der Waals surface area contributed by atoms with Crippen molar-refractivity contribution < 1.29 is 27.8 Å². The molecule has 5 nitrogen and oxygen atoms in total. The molecule has 0 saturated carbocycles. The summed E-state index contributed by atoms with van der Waals surface area (Å²) in [5, 5.41) is 10.6. The molecule has 0 amide bonds. The molecule has 1 fully saturated rings. The van der Waals surface area contributed by atoms with E-state index in [0.29, 0.717) is 36.8 Å². The standard InChI is InChI=1S/C18H17F3N2O3/c19-18(20,21)12-2-4-17(22-8-12)23-6-5-13(14(24)9-23)11-1-3-15-16(7-11)26-10-25-15/h1-4,7-8,13-14,24H,5-6,9-10H2/t13-,14+/m0/s1. The molecule has 0 spiro atoms. The van der Waals surface area contributed by atoms with Gasteiger partial charge in [-0.25, -0.2) is 4.98 Å². The summed E-state index contributed by atoms with van der Waals surface area (Å²) in [7, 11) is 0. The van der Waals surface area contributed by atoms with Crippen molar-refractivity contribution in [3.8, 4) is 11.5 Å². The van der Waals surface area contributed by atoms with Crippen LogP contribution >= 0.6 is 0 Å². The lowest BCUT2D eigenvalue weighted by atomic mass is 9.87. The summed E-state index contributed by atoms with van der Waals surface area (Å²) in [6, 6.07) is 7.97. The molecule has 2 atom stereocenters. The van der Waals surface area contributed by atoms with E-state index < -0.39 is 17.8 Å². The SMILES string of the molecule is O[C@@H]1CN(c2ccc(C(F)(F)F)cn2)CC[C@H]1c1ccc2c(c1)OCO2. The number of aliphatic hydroxyl groups excluding tert-OH is 1. The van der Waals surface area contributed by atoms with Gasteiger partial charge in [0.25, 0.3) is 0 Å². The molecule has 0 unspecified atom stereocenters. The molecule has 0 bridgehead atoms. The van der Waals surface area contributed by atoms with E-state index in [1.807, 2.05) is 18.2 Å². The van der Waals surface area contributed by atoms with E-state index in [4.69, 9.17) is 9.47 Å². The molecule has 138 valence electrons. The Bertz CT molecular complexity index is 795. The van der Waals surface area contributed by atoms with Gasteiger partial charge in [0.05, 0.1) is 11.7 Å². The Balaban J connectivity index is 1.46. The van der Waals surface area contributed by atoms with Crippen LogP contribution in [0.15, 0.2) is 36.5 Å². The Hall–Kier alpha value is -2.48. The molecular weight excluding hydrogens is 349 g/mol. The Labute approximate surface area is 148 Å². The number of benzene rings is 1. The van der Waals surface area contributed by atoms with Gasteiger partial charge in [-0.05, 0) is 36.2 Å². The van der Waals surface area contributed by atoms with E-state index in [0.717, 1.165) is 17.8 Å². The highest BCUT2D eigenvalue weighted by Crippen LogP contribution is 2.38. The second-order valence-corrected chi connectivity index (χ2v) is 6.42. The number of hydrogen-bond donors (Lipinski definition) is 1. The van der Waals surface area contributed by atoms with Crippen molar-refractivity contribution in [3.05, 3.63) is 47.7 Å². The van der Waals surface area contributed by atoms with E-state index in [-0.39, 0.29) is 12.7 Å². The molecule has 2 aliphatic heterocycles. The minimum absolute atomic E-state index is 0.0739. The van der Waals surface area contributed by atoms with E-state index in [1.165, 1.54) is 6.07 Å². The smallest absolute Gasteiger partial charge is 0.417 e. The molecule has 1 saturated heterocycles. The number of nitrogens with zero attached hydrogens (tertiary/aromatic N) is 2. The van der Waals surface area contributed by atoms with Gasteiger partial charge in [0.2, 0.25) is 6.79 Å². The van der Waals surface area contributed by atoms with Crippen LogP contribution in [0.25, 0.3) is 0 Å². The molecule has 1 aromatic heterocycles. The number of halogens is 3. The number of β-amino-alcohol motifs (C(OH)–C–C–N with tert-alkyl or cyclic N) is 1. The number of aliphatic hydroxyl groups is 1. The third kappa shape index (κ3) is 3.16. The predicted molar refractivity (Wildman–Crippen MR) is 87.4 cm³/mol. The fraction of sp³-hybridized carbons (Fsp3) is 0.389. The monoisotopic (exact) mass is 366 g/mol. The van der Waals surface area contributed by atoms with Crippen LogP contribution in [0.2, 0.25) is 0 Å². The topological polar surface area (TPSA) is 54.8 Å². The molecule has 4 rings (SSSR count). The van der Waals surface area contributed by atoms with Gasteiger partial charge in [-0.2, -0.15) is 13.2 Å². The third-order valence-corrected chi connectivity index (χ3v) is 4.81. The quantitative estimate of drug-likeness (QED) is 0.885. The zero-order valence-corrected chi connectivity index (χ0v) is 13.7. The van der Waals surface area contributed by atoms with Crippen molar-refractivity contribution in [2.45, 2.75) is 24.6 Å². The first-order valence-electron chi connectivity index (χ1n) is 8.27. The van der Waals surface area contributed by atoms with Gasteiger partial charge in [-0.15, -0.1) is 0 Å². The van der Waals surface area contributed by atoms with E-state index >= 15 is 0 Å². The molecule has 1 N–H and O–H groups in total. The van der Waals surface area contributed by atoms with Gasteiger partial charge in [0, 0.05) is 25.2 Å². The van der Waals surface area contributed by atoms with Crippen molar-refractivity contribution in [2.24, 2.45) is 0 Å². The summed E-state index contributed by atoms with van der Waals surface area (Å²) in [6.07, 6.45) is -3.58. The van der Waals surface area contributed by atoms with Crippen molar-refractivity contribution in [2.75, 3.05) is 24.8 Å². The van der Waals surface area contributed by atoms with Gasteiger partial charge < -0.3 is 19.5 Å². The van der Waals surface area contributed by atoms with Crippen molar-refractivity contribution >= 4 is 5.82 Å². The number of anilines is 1. The molecule has 1 aromatic carbocycles. The maximum atomic E-state index is 12.6. The molecule has 8 heteroatoms. The maximum absolute atomic E-state index is 12.6. The minimum atomic E-state index is -4.41. The Morgan fingerprint density at radius 1 is 1.12 bits per heavy atom. The van der Waals surface area contributed by atoms with Crippen LogP contribution in [0.4, 0.5) is 19.0 Å². The van der Waals surface area contributed by atoms with Crippen molar-refractivity contribution in [3.63, 3.8) is 0 Å². The van der Waals surface area contributed by atoms with Gasteiger partial charge in [0.15, 0.2) is 11.5 Å². The summed E-state index contributed by atoms with van der Waals surface area (Å²) in [5.41, 5.74) is 0.179. The highest BCUT2D eigenvalue weighted by atomic mass is 19.4. The van der Waals surface area contributed by atoms with Crippen LogP contribution < -0.4 is 14.4 Å². The summed E-state index contributed by atoms with van der Waals surface area (Å²) in [4.78, 5) is 5.71. The summed E-state index contributed by atoms with van der Waals surface area (Å²) >= 11 is 0. The van der Waals surface area contributed by atoms with Gasteiger partial charge in [0.1, 0.15) is 5.82 Å². The van der Waals surface area contributed by atoms with Gasteiger partial charge in [-0.1, -0.05) is 6.07 Å². The maximum Gasteiger partial charge on any atom is 0.417 e. The minimum Gasteiger partial charge on any atom is -0.454 e. The van der Waals surface area contributed by atoms with Crippen LogP contribution in [0.5, 0.6) is 11.5 Å². The fourth-order valence-electron chi connectivity index (χ4n) is 3.41. The zero-order valence-electron chi connectivity index (χ0n) is 13.7. The van der Waals surface area contributed by atoms with E-state index in [9.17, 15) is 18.3 Å². The lowest BCUT2D eigenvalue weighted by Gasteiger charge is -2.37. The third-order valence-electron chi connectivity index (χ3n) is 4.81. The molecule has 2 aliphatic rings. The molecule has 2 aromatic rings. The molecule has 26 heavy (non-hydrogen) atoms. The van der Waals surface area contributed by atoms with Crippen molar-refractivity contribution in [1.82, 2.24) is 4.98 Å². The van der Waals surface area contributed by atoms with Crippen LogP contribution in [-0.4, -0.2) is 36.1 Å². The van der Waals surface area contributed by atoms with E-state index in [2.05, 4.69) is 4.98 Å². The van der Waals surface area contributed by atoms with Crippen LogP contribution in [0, 0.1) is 0 Å². The Kier molecular flexibility index (Phi) is 4.14. The zero-order chi connectivity index (χ0) is 18.3. The second-order valence-electron chi connectivity index (χ2n) is 6.42. The number of piperidine rings is 1. The number of fused-ring (bicyclic) bond motifs is 1. The largest absolute Gasteiger partial charge is 0.454 e. The number of hydrogen-bond acceptors (Lipinski definition) is 5. The summed E-state index contributed by atoms with van der Waals surface area (Å²) in [5.74, 6) is 1.72. The van der Waals surface area contributed by atoms with Crippen molar-refractivity contribution in [1.29, 1.82) is 0 Å². The van der Waals surface area contributed by atoms with Crippen LogP contribution in [0.1, 0.15) is 23.5 Å². The molecule has 3 heterocycles. The lowest BCUT2D eigenvalue weighted by Crippen LogP contribution is -2.43.